The summed E-state index contributed by atoms with van der Waals surface area (Å²) >= 11 is 0. The Bertz CT molecular complexity index is 219. The molecule has 0 aromatic rings. The fraction of sp³-hybridized carbons (Fsp3) is 0.714. The van der Waals surface area contributed by atoms with Crippen LogP contribution in [0, 0.1) is 0 Å². The highest BCUT2D eigenvalue weighted by Crippen LogP contribution is 2.05. The first-order valence-electron chi connectivity index (χ1n) is 4.01. The van der Waals surface area contributed by atoms with E-state index in [1.165, 1.54) is 0 Å². The molecule has 4 N–H and O–H groups in total. The van der Waals surface area contributed by atoms with Gasteiger partial charge in [0.15, 0.2) is 0 Å². The lowest BCUT2D eigenvalue weighted by molar-refractivity contribution is -0.139. The van der Waals surface area contributed by atoms with Crippen LogP contribution >= 0.6 is 0 Å². The van der Waals surface area contributed by atoms with Gasteiger partial charge in [0.05, 0.1) is 6.54 Å². The Balaban J connectivity index is 2.25. The van der Waals surface area contributed by atoms with E-state index in [9.17, 15) is 9.59 Å². The van der Waals surface area contributed by atoms with Gasteiger partial charge >= 0.3 is 11.9 Å². The van der Waals surface area contributed by atoms with E-state index in [0.717, 1.165) is 0 Å². The number of nitrogens with one attached hydrogen (secondary N) is 2. The van der Waals surface area contributed by atoms with Crippen LogP contribution in [-0.2, 0) is 9.59 Å². The van der Waals surface area contributed by atoms with Crippen molar-refractivity contribution >= 4 is 11.9 Å². The predicted octanol–water partition coefficient (Wildman–Crippen LogP) is -1.52. The van der Waals surface area contributed by atoms with Gasteiger partial charge in [-0.1, -0.05) is 0 Å². The monoisotopic (exact) mass is 188 g/mol. The summed E-state index contributed by atoms with van der Waals surface area (Å²) in [5.74, 6) is -1.82. The van der Waals surface area contributed by atoms with Gasteiger partial charge in [0.2, 0.25) is 0 Å². The molecule has 13 heavy (non-hydrogen) atoms. The molecule has 0 aliphatic carbocycles. The Morgan fingerprint density at radius 2 is 2.15 bits per heavy atom. The first kappa shape index (κ1) is 9.94. The first-order valence-corrected chi connectivity index (χ1v) is 4.01. The van der Waals surface area contributed by atoms with Gasteiger partial charge in [0.25, 0.3) is 0 Å². The molecule has 0 aromatic heterocycles. The third kappa shape index (κ3) is 3.00. The van der Waals surface area contributed by atoms with Gasteiger partial charge < -0.3 is 20.8 Å². The molecule has 1 aliphatic heterocycles. The van der Waals surface area contributed by atoms with Crippen molar-refractivity contribution in [2.24, 2.45) is 0 Å². The van der Waals surface area contributed by atoms with Crippen LogP contribution < -0.4 is 10.6 Å². The van der Waals surface area contributed by atoms with Gasteiger partial charge in [0, 0.05) is 12.6 Å². The quantitative estimate of drug-likeness (QED) is 0.427. The molecule has 6 heteroatoms. The summed E-state index contributed by atoms with van der Waals surface area (Å²) in [6, 6.07) is -0.608. The highest BCUT2D eigenvalue weighted by molar-refractivity contribution is 5.74. The second-order valence-electron chi connectivity index (χ2n) is 3.01. The highest BCUT2D eigenvalue weighted by atomic mass is 16.4. The number of hydrogen-bond acceptors (Lipinski definition) is 4. The zero-order valence-electron chi connectivity index (χ0n) is 6.99. The molecule has 1 aliphatic rings. The van der Waals surface area contributed by atoms with Crippen molar-refractivity contribution in [3.05, 3.63) is 0 Å². The van der Waals surface area contributed by atoms with E-state index in [0.29, 0.717) is 13.0 Å². The van der Waals surface area contributed by atoms with Crippen LogP contribution in [0.15, 0.2) is 0 Å². The van der Waals surface area contributed by atoms with E-state index in [2.05, 4.69) is 10.6 Å². The minimum absolute atomic E-state index is 0.0581. The molecule has 0 bridgehead atoms. The summed E-state index contributed by atoms with van der Waals surface area (Å²) in [5, 5.41) is 22.5. The molecule has 6 nitrogen and oxygen atoms in total. The first-order chi connectivity index (χ1) is 6.09. The van der Waals surface area contributed by atoms with Crippen molar-refractivity contribution in [1.82, 2.24) is 10.6 Å². The molecule has 0 amide bonds. The van der Waals surface area contributed by atoms with Crippen LogP contribution in [0.1, 0.15) is 6.42 Å². The average Bonchev–Trinajstić information content (AvgIpc) is 2.48. The summed E-state index contributed by atoms with van der Waals surface area (Å²) in [7, 11) is 0. The van der Waals surface area contributed by atoms with Gasteiger partial charge in [-0.3, -0.25) is 9.59 Å². The van der Waals surface area contributed by atoms with Crippen molar-refractivity contribution in [3.63, 3.8) is 0 Å². The number of rotatable bonds is 4. The van der Waals surface area contributed by atoms with Crippen LogP contribution in [0.2, 0.25) is 0 Å². The highest BCUT2D eigenvalue weighted by Gasteiger charge is 2.28. The molecule has 0 saturated carbocycles. The van der Waals surface area contributed by atoms with Crippen LogP contribution in [-0.4, -0.2) is 47.3 Å². The summed E-state index contributed by atoms with van der Waals surface area (Å²) in [5.41, 5.74) is 0. The van der Waals surface area contributed by atoms with Gasteiger partial charge in [-0.05, 0) is 6.42 Å². The number of hydrogen-bond donors (Lipinski definition) is 4. The lowest BCUT2D eigenvalue weighted by atomic mass is 10.2. The fourth-order valence-corrected chi connectivity index (χ4v) is 1.31. The smallest absolute Gasteiger partial charge is 0.320 e. The third-order valence-electron chi connectivity index (χ3n) is 1.97. The van der Waals surface area contributed by atoms with Crippen molar-refractivity contribution in [2.45, 2.75) is 18.5 Å². The Hall–Kier alpha value is -1.14. The minimum atomic E-state index is -0.932. The number of carbonyl (C=O) groups is 2. The Morgan fingerprint density at radius 3 is 2.62 bits per heavy atom. The van der Waals surface area contributed by atoms with Crippen LogP contribution in [0.3, 0.4) is 0 Å². The minimum Gasteiger partial charge on any atom is -0.480 e. The SMILES string of the molecule is O=C(O)CNC1CN[C@H](C(=O)O)C1. The Kier molecular flexibility index (Phi) is 3.21. The van der Waals surface area contributed by atoms with E-state index in [1.54, 1.807) is 0 Å². The van der Waals surface area contributed by atoms with Crippen molar-refractivity contribution in [2.75, 3.05) is 13.1 Å². The molecule has 74 valence electrons. The molecular formula is C7H12N2O4. The summed E-state index contributed by atoms with van der Waals surface area (Å²) < 4.78 is 0. The topological polar surface area (TPSA) is 98.7 Å². The Labute approximate surface area is 74.9 Å². The molecule has 1 heterocycles. The van der Waals surface area contributed by atoms with E-state index in [1.807, 2.05) is 0 Å². The maximum Gasteiger partial charge on any atom is 0.320 e. The van der Waals surface area contributed by atoms with Crippen LogP contribution in [0.5, 0.6) is 0 Å². The van der Waals surface area contributed by atoms with E-state index in [4.69, 9.17) is 10.2 Å². The standard InChI is InChI=1S/C7H12N2O4/c10-6(11)3-8-4-1-5(7(12)13)9-2-4/h4-5,8-9H,1-3H2,(H,10,11)(H,12,13)/t4?,5-/m0/s1. The molecule has 0 spiro atoms. The van der Waals surface area contributed by atoms with Crippen LogP contribution in [0.25, 0.3) is 0 Å². The lowest BCUT2D eigenvalue weighted by Gasteiger charge is -2.07. The van der Waals surface area contributed by atoms with Crippen molar-refractivity contribution in [3.8, 4) is 0 Å². The molecular weight excluding hydrogens is 176 g/mol. The Morgan fingerprint density at radius 1 is 1.46 bits per heavy atom. The summed E-state index contributed by atoms with van der Waals surface area (Å²) in [4.78, 5) is 20.7. The largest absolute Gasteiger partial charge is 0.480 e. The van der Waals surface area contributed by atoms with E-state index in [-0.39, 0.29) is 12.6 Å². The van der Waals surface area contributed by atoms with E-state index < -0.39 is 18.0 Å². The molecule has 1 fully saturated rings. The zero-order chi connectivity index (χ0) is 9.84. The molecule has 0 aromatic carbocycles. The number of aliphatic carboxylic acids is 2. The average molecular weight is 188 g/mol. The van der Waals surface area contributed by atoms with E-state index >= 15 is 0 Å². The zero-order valence-corrected chi connectivity index (χ0v) is 6.99. The molecule has 0 radical (unpaired) electrons. The molecule has 2 atom stereocenters. The number of carboxylic acids is 2. The number of carboxylic acid groups (broad SMARTS) is 2. The van der Waals surface area contributed by atoms with Crippen molar-refractivity contribution < 1.29 is 19.8 Å². The van der Waals surface area contributed by atoms with Crippen LogP contribution in [0.4, 0.5) is 0 Å². The normalized spacial score (nSPS) is 27.4. The summed E-state index contributed by atoms with van der Waals surface area (Å²) in [6.45, 7) is 0.378. The second-order valence-corrected chi connectivity index (χ2v) is 3.01. The lowest BCUT2D eigenvalue weighted by Crippen LogP contribution is -2.34. The third-order valence-corrected chi connectivity index (χ3v) is 1.97. The maximum absolute atomic E-state index is 10.5. The van der Waals surface area contributed by atoms with Gasteiger partial charge in [-0.25, -0.2) is 0 Å². The molecule has 1 saturated heterocycles. The van der Waals surface area contributed by atoms with Gasteiger partial charge in [-0.15, -0.1) is 0 Å². The second kappa shape index (κ2) is 4.20. The molecule has 1 rings (SSSR count). The van der Waals surface area contributed by atoms with Gasteiger partial charge in [0.1, 0.15) is 6.04 Å². The fourth-order valence-electron chi connectivity index (χ4n) is 1.31. The predicted molar refractivity (Wildman–Crippen MR) is 43.5 cm³/mol. The van der Waals surface area contributed by atoms with Crippen molar-refractivity contribution in [1.29, 1.82) is 0 Å². The maximum atomic E-state index is 10.5. The summed E-state index contributed by atoms with van der Waals surface area (Å²) in [6.07, 6.45) is 0.433. The molecule has 1 unspecified atom stereocenters. The van der Waals surface area contributed by atoms with Gasteiger partial charge in [-0.2, -0.15) is 0 Å².